The van der Waals surface area contributed by atoms with E-state index in [0.717, 1.165) is 30.6 Å². The van der Waals surface area contributed by atoms with Crippen molar-refractivity contribution in [3.8, 4) is 0 Å². The van der Waals surface area contributed by atoms with Gasteiger partial charge in [0.15, 0.2) is 0 Å². The predicted molar refractivity (Wildman–Crippen MR) is 100 cm³/mol. The van der Waals surface area contributed by atoms with Gasteiger partial charge in [0.2, 0.25) is 10.0 Å². The molecule has 134 valence electrons. The van der Waals surface area contributed by atoms with E-state index in [1.807, 2.05) is 0 Å². The number of rotatable bonds is 5. The van der Waals surface area contributed by atoms with Gasteiger partial charge in [-0.2, -0.15) is 0 Å². The van der Waals surface area contributed by atoms with Gasteiger partial charge < -0.3 is 0 Å². The summed E-state index contributed by atoms with van der Waals surface area (Å²) in [4.78, 5) is 1.16. The summed E-state index contributed by atoms with van der Waals surface area (Å²) >= 11 is 7.44. The summed E-state index contributed by atoms with van der Waals surface area (Å²) in [7, 11) is -3.59. The molecule has 1 aliphatic carbocycles. The minimum absolute atomic E-state index is 0.126. The van der Waals surface area contributed by atoms with Crippen molar-refractivity contribution in [2.75, 3.05) is 0 Å². The second-order valence-corrected chi connectivity index (χ2v) is 9.54. The number of hydrogen-bond donors (Lipinski definition) is 1. The molecule has 2 atom stereocenters. The van der Waals surface area contributed by atoms with E-state index in [-0.39, 0.29) is 22.0 Å². The Morgan fingerprint density at radius 1 is 1.00 bits per heavy atom. The van der Waals surface area contributed by atoms with Crippen LogP contribution in [0.5, 0.6) is 0 Å². The third-order valence-corrected chi connectivity index (χ3v) is 7.40. The molecule has 1 N–H and O–H groups in total. The number of sulfonamides is 1. The van der Waals surface area contributed by atoms with Crippen LogP contribution >= 0.6 is 23.4 Å². The van der Waals surface area contributed by atoms with Crippen LogP contribution in [0, 0.1) is 5.82 Å². The highest BCUT2D eigenvalue weighted by Gasteiger charge is 2.30. The van der Waals surface area contributed by atoms with Gasteiger partial charge in [-0.05, 0) is 61.4 Å². The van der Waals surface area contributed by atoms with Gasteiger partial charge >= 0.3 is 0 Å². The van der Waals surface area contributed by atoms with Crippen molar-refractivity contribution in [3.05, 3.63) is 59.4 Å². The number of benzene rings is 2. The molecule has 0 aliphatic heterocycles. The monoisotopic (exact) mass is 399 g/mol. The highest BCUT2D eigenvalue weighted by atomic mass is 35.5. The molecule has 0 bridgehead atoms. The lowest BCUT2D eigenvalue weighted by atomic mass is 9.96. The molecular formula is C18H19ClFNO2S2. The summed E-state index contributed by atoms with van der Waals surface area (Å²) in [6.45, 7) is 0. The van der Waals surface area contributed by atoms with Crippen molar-refractivity contribution in [3.63, 3.8) is 0 Å². The first-order valence-electron chi connectivity index (χ1n) is 8.14. The molecule has 1 saturated carbocycles. The average molecular weight is 400 g/mol. The van der Waals surface area contributed by atoms with Crippen LogP contribution in [-0.4, -0.2) is 19.7 Å². The quantitative estimate of drug-likeness (QED) is 0.780. The third kappa shape index (κ3) is 4.97. The second kappa shape index (κ2) is 8.08. The zero-order valence-electron chi connectivity index (χ0n) is 13.5. The Kier molecular flexibility index (Phi) is 6.04. The summed E-state index contributed by atoms with van der Waals surface area (Å²) in [5, 5.41) is 0.627. The molecule has 0 amide bonds. The van der Waals surface area contributed by atoms with Crippen molar-refractivity contribution in [2.24, 2.45) is 0 Å². The number of nitrogens with one attached hydrogen (secondary N) is 1. The van der Waals surface area contributed by atoms with Crippen LogP contribution in [0.4, 0.5) is 4.39 Å². The van der Waals surface area contributed by atoms with Gasteiger partial charge in [-0.3, -0.25) is 0 Å². The van der Waals surface area contributed by atoms with Gasteiger partial charge in [0.1, 0.15) is 5.82 Å². The van der Waals surface area contributed by atoms with Crippen LogP contribution < -0.4 is 4.72 Å². The van der Waals surface area contributed by atoms with Crippen LogP contribution in [0.3, 0.4) is 0 Å². The molecule has 2 aromatic rings. The Hall–Kier alpha value is -1.08. The van der Waals surface area contributed by atoms with E-state index < -0.39 is 10.0 Å². The van der Waals surface area contributed by atoms with E-state index in [2.05, 4.69) is 4.72 Å². The lowest BCUT2D eigenvalue weighted by Gasteiger charge is -2.31. The summed E-state index contributed by atoms with van der Waals surface area (Å²) < 4.78 is 41.2. The summed E-state index contributed by atoms with van der Waals surface area (Å²) in [5.74, 6) is -0.270. The van der Waals surface area contributed by atoms with Gasteiger partial charge in [0, 0.05) is 21.2 Å². The molecule has 0 unspecified atom stereocenters. The van der Waals surface area contributed by atoms with Gasteiger partial charge in [-0.25, -0.2) is 17.5 Å². The van der Waals surface area contributed by atoms with Gasteiger partial charge in [-0.15, -0.1) is 11.8 Å². The van der Waals surface area contributed by atoms with Gasteiger partial charge in [0.05, 0.1) is 4.90 Å². The molecule has 7 heteroatoms. The minimum Gasteiger partial charge on any atom is -0.207 e. The Bertz CT molecular complexity index is 810. The first kappa shape index (κ1) is 18.7. The topological polar surface area (TPSA) is 46.2 Å². The number of hydrogen-bond acceptors (Lipinski definition) is 3. The fourth-order valence-corrected chi connectivity index (χ4v) is 5.76. The fraction of sp³-hybridized carbons (Fsp3) is 0.333. The smallest absolute Gasteiger partial charge is 0.207 e. The lowest BCUT2D eigenvalue weighted by molar-refractivity contribution is 0.423. The molecule has 3 rings (SSSR count). The maximum Gasteiger partial charge on any atom is 0.240 e. The lowest BCUT2D eigenvalue weighted by Crippen LogP contribution is -2.43. The van der Waals surface area contributed by atoms with Crippen LogP contribution in [0.25, 0.3) is 0 Å². The van der Waals surface area contributed by atoms with E-state index in [1.165, 1.54) is 24.3 Å². The summed E-state index contributed by atoms with van der Waals surface area (Å²) in [5.41, 5.74) is 0. The molecule has 1 aliphatic rings. The van der Waals surface area contributed by atoms with Crippen molar-refractivity contribution in [2.45, 2.75) is 46.8 Å². The zero-order chi connectivity index (χ0) is 17.9. The summed E-state index contributed by atoms with van der Waals surface area (Å²) in [6.07, 6.45) is 3.79. The maximum absolute atomic E-state index is 13.1. The molecule has 0 heterocycles. The van der Waals surface area contributed by atoms with Crippen molar-refractivity contribution in [1.82, 2.24) is 4.72 Å². The molecule has 1 fully saturated rings. The van der Waals surface area contributed by atoms with Gasteiger partial charge in [0.25, 0.3) is 0 Å². The van der Waals surface area contributed by atoms with Crippen LogP contribution in [0.15, 0.2) is 58.3 Å². The van der Waals surface area contributed by atoms with Crippen LogP contribution in [-0.2, 0) is 10.0 Å². The van der Waals surface area contributed by atoms with Crippen molar-refractivity contribution in [1.29, 1.82) is 0 Å². The molecule has 25 heavy (non-hydrogen) atoms. The highest BCUT2D eigenvalue weighted by molar-refractivity contribution is 8.00. The first-order valence-corrected chi connectivity index (χ1v) is 10.9. The van der Waals surface area contributed by atoms with E-state index >= 15 is 0 Å². The van der Waals surface area contributed by atoms with E-state index in [9.17, 15) is 12.8 Å². The normalized spacial score (nSPS) is 21.2. The molecule has 0 spiro atoms. The highest BCUT2D eigenvalue weighted by Crippen LogP contribution is 2.34. The Morgan fingerprint density at radius 2 is 1.64 bits per heavy atom. The minimum atomic E-state index is -3.59. The van der Waals surface area contributed by atoms with E-state index in [4.69, 9.17) is 11.6 Å². The number of thioether (sulfide) groups is 1. The van der Waals surface area contributed by atoms with Crippen molar-refractivity contribution < 1.29 is 12.8 Å². The third-order valence-electron chi connectivity index (χ3n) is 4.23. The average Bonchev–Trinajstić information content (AvgIpc) is 2.59. The Balaban J connectivity index is 1.74. The summed E-state index contributed by atoms with van der Waals surface area (Å²) in [6, 6.07) is 12.3. The van der Waals surface area contributed by atoms with Gasteiger partial charge in [-0.1, -0.05) is 24.4 Å². The predicted octanol–water partition coefficient (Wildman–Crippen LogP) is 4.86. The molecule has 0 saturated heterocycles. The van der Waals surface area contributed by atoms with Crippen LogP contribution in [0.1, 0.15) is 25.7 Å². The largest absolute Gasteiger partial charge is 0.240 e. The Morgan fingerprint density at radius 3 is 2.32 bits per heavy atom. The van der Waals surface area contributed by atoms with Crippen molar-refractivity contribution >= 4 is 33.4 Å². The first-order chi connectivity index (χ1) is 11.9. The van der Waals surface area contributed by atoms with Crippen LogP contribution in [0.2, 0.25) is 5.02 Å². The van der Waals surface area contributed by atoms with E-state index in [1.54, 1.807) is 36.0 Å². The molecular weight excluding hydrogens is 381 g/mol. The second-order valence-electron chi connectivity index (χ2n) is 6.08. The zero-order valence-corrected chi connectivity index (χ0v) is 15.9. The SMILES string of the molecule is O=S(=O)(N[C@@H]1CCCC[C@@H]1Sc1ccc(F)cc1)c1ccc(Cl)cc1. The number of halogens is 2. The molecule has 3 nitrogen and oxygen atoms in total. The van der Waals surface area contributed by atoms with E-state index in [0.29, 0.717) is 5.02 Å². The Labute approximate surface area is 157 Å². The fourth-order valence-electron chi connectivity index (χ4n) is 2.94. The molecule has 2 aromatic carbocycles. The molecule has 0 aromatic heterocycles. The standard InChI is InChI=1S/C18H19ClFNO2S2/c19-13-5-11-16(12-6-13)25(22,23)21-17-3-1-2-4-18(17)24-15-9-7-14(20)8-10-15/h5-12,17-18,21H,1-4H2/t17-,18+/m1/s1. The maximum atomic E-state index is 13.1. The molecule has 0 radical (unpaired) electrons.